The quantitative estimate of drug-likeness (QED) is 0.323. The minimum absolute atomic E-state index is 0.235. The summed E-state index contributed by atoms with van der Waals surface area (Å²) in [4.78, 5) is 4.57. The first kappa shape index (κ1) is 17.3. The normalized spacial score (nSPS) is 11.4. The van der Waals surface area contributed by atoms with Gasteiger partial charge in [0.1, 0.15) is 16.2 Å². The van der Waals surface area contributed by atoms with Crippen molar-refractivity contribution in [2.45, 2.75) is 6.54 Å². The minimum Gasteiger partial charge on any atom is -0.340 e. The second kappa shape index (κ2) is 7.00. The first-order valence-corrected chi connectivity index (χ1v) is 10.3. The molecule has 0 unspecified atom stereocenters. The van der Waals surface area contributed by atoms with Gasteiger partial charge in [0.25, 0.3) is 0 Å². The van der Waals surface area contributed by atoms with Gasteiger partial charge in [-0.25, -0.2) is 9.37 Å². The highest BCUT2D eigenvalue weighted by atomic mass is 79.9. The number of pyridine rings is 1. The van der Waals surface area contributed by atoms with E-state index in [4.69, 9.17) is 0 Å². The van der Waals surface area contributed by atoms with Crippen molar-refractivity contribution in [3.8, 4) is 0 Å². The molecule has 2 aromatic carbocycles. The third-order valence-corrected chi connectivity index (χ3v) is 5.82. The second-order valence-corrected chi connectivity index (χ2v) is 8.22. The van der Waals surface area contributed by atoms with Crippen LogP contribution in [0.3, 0.4) is 0 Å². The number of benzene rings is 2. The van der Waals surface area contributed by atoms with Crippen LogP contribution in [0, 0.1) is 5.82 Å². The van der Waals surface area contributed by atoms with Crippen molar-refractivity contribution >= 4 is 59.8 Å². The standard InChI is InChI=1S/C21H14BrFN4S/c22-20-10-19-17(6-7-28-19)21(26-20)25-16-4-5-18-14(9-16)11-24-27(18)12-13-2-1-3-15(23)8-13/h1-11H,12H2,(H,25,26). The zero-order valence-electron chi connectivity index (χ0n) is 14.6. The third kappa shape index (κ3) is 3.27. The molecule has 0 fully saturated rings. The van der Waals surface area contributed by atoms with Crippen molar-refractivity contribution in [2.75, 3.05) is 5.32 Å². The summed E-state index contributed by atoms with van der Waals surface area (Å²) in [5.74, 6) is 0.582. The molecule has 3 aromatic heterocycles. The monoisotopic (exact) mass is 452 g/mol. The molecule has 7 heteroatoms. The summed E-state index contributed by atoms with van der Waals surface area (Å²) >= 11 is 5.16. The summed E-state index contributed by atoms with van der Waals surface area (Å²) in [7, 11) is 0. The van der Waals surface area contributed by atoms with Crippen LogP contribution in [0.25, 0.3) is 21.0 Å². The molecular weight excluding hydrogens is 439 g/mol. The van der Waals surface area contributed by atoms with Gasteiger partial charge in [0.2, 0.25) is 0 Å². The van der Waals surface area contributed by atoms with Gasteiger partial charge in [-0.05, 0) is 69.3 Å². The first-order chi connectivity index (χ1) is 13.7. The molecule has 0 saturated carbocycles. The summed E-state index contributed by atoms with van der Waals surface area (Å²) < 4.78 is 17.3. The third-order valence-electron chi connectivity index (χ3n) is 4.55. The Hall–Kier alpha value is -2.77. The number of hydrogen-bond donors (Lipinski definition) is 1. The number of nitrogens with one attached hydrogen (secondary N) is 1. The molecule has 4 nitrogen and oxygen atoms in total. The van der Waals surface area contributed by atoms with E-state index in [9.17, 15) is 4.39 Å². The lowest BCUT2D eigenvalue weighted by molar-refractivity contribution is 0.621. The molecule has 5 aromatic rings. The molecule has 0 bridgehead atoms. The molecule has 28 heavy (non-hydrogen) atoms. The van der Waals surface area contributed by atoms with Crippen molar-refractivity contribution in [1.29, 1.82) is 0 Å². The average molecular weight is 453 g/mol. The highest BCUT2D eigenvalue weighted by molar-refractivity contribution is 9.10. The highest BCUT2D eigenvalue weighted by Gasteiger charge is 2.09. The molecule has 138 valence electrons. The Morgan fingerprint density at radius 1 is 1.11 bits per heavy atom. The van der Waals surface area contributed by atoms with E-state index in [2.05, 4.69) is 42.8 Å². The maximum Gasteiger partial charge on any atom is 0.140 e. The van der Waals surface area contributed by atoms with E-state index >= 15 is 0 Å². The number of thiophene rings is 1. The van der Waals surface area contributed by atoms with Crippen molar-refractivity contribution in [1.82, 2.24) is 14.8 Å². The van der Waals surface area contributed by atoms with Crippen LogP contribution >= 0.6 is 27.3 Å². The van der Waals surface area contributed by atoms with Crippen molar-refractivity contribution in [3.63, 3.8) is 0 Å². The van der Waals surface area contributed by atoms with Gasteiger partial charge in [-0.15, -0.1) is 11.3 Å². The topological polar surface area (TPSA) is 42.7 Å². The molecule has 0 aliphatic carbocycles. The number of aromatic nitrogens is 3. The van der Waals surface area contributed by atoms with Gasteiger partial charge < -0.3 is 5.32 Å². The molecule has 0 aliphatic rings. The van der Waals surface area contributed by atoms with E-state index in [1.807, 2.05) is 41.2 Å². The predicted octanol–water partition coefficient (Wildman–Crippen LogP) is 6.34. The van der Waals surface area contributed by atoms with Gasteiger partial charge in [0, 0.05) is 21.2 Å². The number of halogens is 2. The zero-order chi connectivity index (χ0) is 19.1. The van der Waals surface area contributed by atoms with E-state index in [1.165, 1.54) is 16.8 Å². The smallest absolute Gasteiger partial charge is 0.140 e. The zero-order valence-corrected chi connectivity index (χ0v) is 17.0. The summed E-state index contributed by atoms with van der Waals surface area (Å²) in [6.07, 6.45) is 1.83. The average Bonchev–Trinajstić information content (AvgIpc) is 3.29. The molecule has 0 atom stereocenters. The number of rotatable bonds is 4. The van der Waals surface area contributed by atoms with E-state index in [0.717, 1.165) is 38.0 Å². The SMILES string of the molecule is Fc1cccc(Cn2ncc3cc(Nc4nc(Br)cc5sccc45)ccc32)c1. The molecule has 0 aliphatic heterocycles. The fourth-order valence-corrected chi connectivity index (χ4v) is 4.65. The molecule has 0 radical (unpaired) electrons. The predicted molar refractivity (Wildman–Crippen MR) is 116 cm³/mol. The molecule has 0 spiro atoms. The van der Waals surface area contributed by atoms with E-state index in [1.54, 1.807) is 17.4 Å². The summed E-state index contributed by atoms with van der Waals surface area (Å²) in [6, 6.07) is 16.8. The van der Waals surface area contributed by atoms with Crippen molar-refractivity contribution < 1.29 is 4.39 Å². The minimum atomic E-state index is -0.235. The van der Waals surface area contributed by atoms with Gasteiger partial charge in [-0.1, -0.05) is 12.1 Å². The first-order valence-electron chi connectivity index (χ1n) is 8.66. The van der Waals surface area contributed by atoms with Gasteiger partial charge in [0.15, 0.2) is 0 Å². The largest absolute Gasteiger partial charge is 0.340 e. The fraction of sp³-hybridized carbons (Fsp3) is 0.0476. The van der Waals surface area contributed by atoms with Crippen LogP contribution < -0.4 is 5.32 Å². The van der Waals surface area contributed by atoms with E-state index < -0.39 is 0 Å². The Morgan fingerprint density at radius 2 is 2.04 bits per heavy atom. The maximum atomic E-state index is 13.4. The van der Waals surface area contributed by atoms with Crippen LogP contribution in [0.15, 0.2) is 70.8 Å². The maximum absolute atomic E-state index is 13.4. The molecule has 3 heterocycles. The summed E-state index contributed by atoms with van der Waals surface area (Å²) in [5.41, 5.74) is 2.82. The van der Waals surface area contributed by atoms with Crippen LogP contribution in [0.2, 0.25) is 0 Å². The Morgan fingerprint density at radius 3 is 2.93 bits per heavy atom. The van der Waals surface area contributed by atoms with Gasteiger partial charge >= 0.3 is 0 Å². The number of fused-ring (bicyclic) bond motifs is 2. The highest BCUT2D eigenvalue weighted by Crippen LogP contribution is 2.31. The van der Waals surface area contributed by atoms with E-state index in [-0.39, 0.29) is 5.82 Å². The van der Waals surface area contributed by atoms with Crippen LogP contribution in [0.1, 0.15) is 5.56 Å². The Balaban J connectivity index is 1.46. The van der Waals surface area contributed by atoms with Gasteiger partial charge in [-0.2, -0.15) is 5.10 Å². The molecule has 5 rings (SSSR count). The molecular formula is C21H14BrFN4S. The van der Waals surface area contributed by atoms with Crippen LogP contribution in [0.4, 0.5) is 15.9 Å². The lowest BCUT2D eigenvalue weighted by Gasteiger charge is -2.09. The molecule has 0 saturated heterocycles. The van der Waals surface area contributed by atoms with E-state index in [0.29, 0.717) is 6.54 Å². The second-order valence-electron chi connectivity index (χ2n) is 6.46. The Bertz CT molecular complexity index is 1310. The number of anilines is 2. The van der Waals surface area contributed by atoms with Gasteiger partial charge in [0.05, 0.1) is 18.3 Å². The molecule has 1 N–H and O–H groups in total. The number of nitrogens with zero attached hydrogens (tertiary/aromatic N) is 3. The summed E-state index contributed by atoms with van der Waals surface area (Å²) in [6.45, 7) is 0.525. The van der Waals surface area contributed by atoms with Crippen LogP contribution in [0.5, 0.6) is 0 Å². The molecule has 0 amide bonds. The van der Waals surface area contributed by atoms with Crippen LogP contribution in [-0.4, -0.2) is 14.8 Å². The lowest BCUT2D eigenvalue weighted by atomic mass is 10.2. The Labute approximate surface area is 172 Å². The van der Waals surface area contributed by atoms with Crippen molar-refractivity contribution in [3.05, 3.63) is 82.2 Å². The number of hydrogen-bond acceptors (Lipinski definition) is 4. The van der Waals surface area contributed by atoms with Crippen LogP contribution in [-0.2, 0) is 6.54 Å². The van der Waals surface area contributed by atoms with Gasteiger partial charge in [-0.3, -0.25) is 4.68 Å². The fourth-order valence-electron chi connectivity index (χ4n) is 3.27. The summed E-state index contributed by atoms with van der Waals surface area (Å²) in [5, 5.41) is 12.0. The van der Waals surface area contributed by atoms with Crippen molar-refractivity contribution in [2.24, 2.45) is 0 Å². The lowest BCUT2D eigenvalue weighted by Crippen LogP contribution is -2.01. The Kier molecular flexibility index (Phi) is 4.33.